The molecule has 0 spiro atoms. The Kier molecular flexibility index (Phi) is 4.10. The van der Waals surface area contributed by atoms with E-state index in [-0.39, 0.29) is 12.0 Å². The summed E-state index contributed by atoms with van der Waals surface area (Å²) < 4.78 is 5.58. The average Bonchev–Trinajstić information content (AvgIpc) is 3.10. The molecule has 0 bridgehead atoms. The average molecular weight is 262 g/mol. The molecular formula is C15H22N2O2. The molecule has 0 unspecified atom stereocenters. The van der Waals surface area contributed by atoms with Crippen molar-refractivity contribution in [1.82, 2.24) is 5.32 Å². The number of rotatable bonds is 6. The van der Waals surface area contributed by atoms with Gasteiger partial charge in [-0.25, -0.2) is 0 Å². The zero-order valence-corrected chi connectivity index (χ0v) is 11.6. The fourth-order valence-corrected chi connectivity index (χ4v) is 1.86. The van der Waals surface area contributed by atoms with Crippen molar-refractivity contribution < 1.29 is 9.53 Å². The Morgan fingerprint density at radius 3 is 2.53 bits per heavy atom. The van der Waals surface area contributed by atoms with E-state index in [1.807, 2.05) is 38.1 Å². The highest BCUT2D eigenvalue weighted by Crippen LogP contribution is 2.31. The second kappa shape index (κ2) is 5.61. The van der Waals surface area contributed by atoms with Crippen LogP contribution in [0, 0.1) is 0 Å². The van der Waals surface area contributed by atoms with Crippen molar-refractivity contribution in [2.45, 2.75) is 44.8 Å². The molecule has 1 aliphatic rings. The first-order chi connectivity index (χ1) is 8.99. The van der Waals surface area contributed by atoms with E-state index >= 15 is 0 Å². The molecule has 3 N–H and O–H groups in total. The maximum Gasteiger partial charge on any atom is 0.240 e. The van der Waals surface area contributed by atoms with Crippen LogP contribution >= 0.6 is 0 Å². The summed E-state index contributed by atoms with van der Waals surface area (Å²) in [6, 6.07) is 7.98. The van der Waals surface area contributed by atoms with Crippen LogP contribution in [0.3, 0.4) is 0 Å². The van der Waals surface area contributed by atoms with Gasteiger partial charge in [-0.05, 0) is 50.8 Å². The molecule has 0 aliphatic heterocycles. The van der Waals surface area contributed by atoms with Gasteiger partial charge in [0, 0.05) is 6.54 Å². The standard InChI is InChI=1S/C15H22N2O2/c1-11(2)19-13-5-3-12(4-6-13)7-10-17-14(18)15(16)8-9-15/h3-6,11H,7-10,16H2,1-2H3,(H,17,18). The summed E-state index contributed by atoms with van der Waals surface area (Å²) in [6.45, 7) is 4.64. The minimum atomic E-state index is -0.574. The van der Waals surface area contributed by atoms with E-state index in [0.29, 0.717) is 6.54 Å². The van der Waals surface area contributed by atoms with Crippen molar-refractivity contribution in [3.05, 3.63) is 29.8 Å². The Morgan fingerprint density at radius 1 is 1.37 bits per heavy atom. The van der Waals surface area contributed by atoms with E-state index < -0.39 is 5.54 Å². The minimum absolute atomic E-state index is 0.0211. The summed E-state index contributed by atoms with van der Waals surface area (Å²) >= 11 is 0. The number of hydrogen-bond acceptors (Lipinski definition) is 3. The number of ether oxygens (including phenoxy) is 1. The molecule has 1 aliphatic carbocycles. The van der Waals surface area contributed by atoms with Crippen molar-refractivity contribution in [1.29, 1.82) is 0 Å². The van der Waals surface area contributed by atoms with Crippen LogP contribution in [0.15, 0.2) is 24.3 Å². The zero-order valence-electron chi connectivity index (χ0n) is 11.6. The van der Waals surface area contributed by atoms with Gasteiger partial charge in [0.2, 0.25) is 5.91 Å². The van der Waals surface area contributed by atoms with Gasteiger partial charge in [-0.15, -0.1) is 0 Å². The Balaban J connectivity index is 1.75. The van der Waals surface area contributed by atoms with Crippen LogP contribution in [0.25, 0.3) is 0 Å². The summed E-state index contributed by atoms with van der Waals surface area (Å²) in [5.41, 5.74) is 6.41. The Morgan fingerprint density at radius 2 is 2.00 bits per heavy atom. The maximum atomic E-state index is 11.6. The van der Waals surface area contributed by atoms with Gasteiger partial charge < -0.3 is 15.8 Å². The third-order valence-electron chi connectivity index (χ3n) is 3.24. The van der Waals surface area contributed by atoms with Crippen LogP contribution in [0.1, 0.15) is 32.3 Å². The quantitative estimate of drug-likeness (QED) is 0.819. The molecule has 0 radical (unpaired) electrons. The van der Waals surface area contributed by atoms with E-state index in [1.165, 1.54) is 5.56 Å². The fraction of sp³-hybridized carbons (Fsp3) is 0.533. The number of hydrogen-bond donors (Lipinski definition) is 2. The molecule has 0 aromatic heterocycles. The second-order valence-corrected chi connectivity index (χ2v) is 5.47. The maximum absolute atomic E-state index is 11.6. The Hall–Kier alpha value is -1.55. The van der Waals surface area contributed by atoms with E-state index in [9.17, 15) is 4.79 Å². The van der Waals surface area contributed by atoms with Crippen molar-refractivity contribution in [3.8, 4) is 5.75 Å². The lowest BCUT2D eigenvalue weighted by molar-refractivity contribution is -0.123. The minimum Gasteiger partial charge on any atom is -0.491 e. The summed E-state index contributed by atoms with van der Waals surface area (Å²) in [5.74, 6) is 0.855. The normalized spacial score (nSPS) is 16.2. The smallest absolute Gasteiger partial charge is 0.240 e. The van der Waals surface area contributed by atoms with Gasteiger partial charge in [0.05, 0.1) is 11.6 Å². The first-order valence-electron chi connectivity index (χ1n) is 6.82. The third-order valence-corrected chi connectivity index (χ3v) is 3.24. The Labute approximate surface area is 114 Å². The third kappa shape index (κ3) is 3.96. The molecule has 1 fully saturated rings. The monoisotopic (exact) mass is 262 g/mol. The first-order valence-corrected chi connectivity index (χ1v) is 6.82. The lowest BCUT2D eigenvalue weighted by Gasteiger charge is -2.11. The van der Waals surface area contributed by atoms with Crippen molar-refractivity contribution in [2.24, 2.45) is 5.73 Å². The van der Waals surface area contributed by atoms with Crippen molar-refractivity contribution >= 4 is 5.91 Å². The van der Waals surface area contributed by atoms with E-state index in [1.54, 1.807) is 0 Å². The Bertz CT molecular complexity index is 436. The van der Waals surface area contributed by atoms with Crippen LogP contribution in [-0.4, -0.2) is 24.1 Å². The largest absolute Gasteiger partial charge is 0.491 e. The lowest BCUT2D eigenvalue weighted by Crippen LogP contribution is -2.43. The van der Waals surface area contributed by atoms with Crippen molar-refractivity contribution in [3.63, 3.8) is 0 Å². The number of nitrogens with two attached hydrogens (primary N) is 1. The SMILES string of the molecule is CC(C)Oc1ccc(CCNC(=O)C2(N)CC2)cc1. The van der Waals surface area contributed by atoms with Gasteiger partial charge in [-0.3, -0.25) is 4.79 Å². The van der Waals surface area contributed by atoms with E-state index in [4.69, 9.17) is 10.5 Å². The molecule has 19 heavy (non-hydrogen) atoms. The summed E-state index contributed by atoms with van der Waals surface area (Å²) in [6.07, 6.45) is 2.61. The number of nitrogens with one attached hydrogen (secondary N) is 1. The summed E-state index contributed by atoms with van der Waals surface area (Å²) in [4.78, 5) is 11.6. The van der Waals surface area contributed by atoms with Gasteiger partial charge in [-0.2, -0.15) is 0 Å². The molecule has 1 aromatic carbocycles. The molecule has 1 saturated carbocycles. The van der Waals surface area contributed by atoms with Crippen LogP contribution in [0.5, 0.6) is 5.75 Å². The number of benzene rings is 1. The van der Waals surface area contributed by atoms with Crippen LogP contribution < -0.4 is 15.8 Å². The highest BCUT2D eigenvalue weighted by molar-refractivity contribution is 5.88. The molecule has 4 nitrogen and oxygen atoms in total. The van der Waals surface area contributed by atoms with Gasteiger partial charge >= 0.3 is 0 Å². The molecule has 0 atom stereocenters. The summed E-state index contributed by atoms with van der Waals surface area (Å²) in [7, 11) is 0. The molecule has 2 rings (SSSR count). The highest BCUT2D eigenvalue weighted by atomic mass is 16.5. The summed E-state index contributed by atoms with van der Waals surface area (Å²) in [5, 5.41) is 2.89. The number of carbonyl (C=O) groups excluding carboxylic acids is 1. The number of carbonyl (C=O) groups is 1. The van der Waals surface area contributed by atoms with Gasteiger partial charge in [0.15, 0.2) is 0 Å². The fourth-order valence-electron chi connectivity index (χ4n) is 1.86. The molecule has 0 heterocycles. The van der Waals surface area contributed by atoms with Crippen LogP contribution in [0.2, 0.25) is 0 Å². The highest BCUT2D eigenvalue weighted by Gasteiger charge is 2.45. The molecule has 1 amide bonds. The molecular weight excluding hydrogens is 240 g/mol. The van der Waals surface area contributed by atoms with Crippen LogP contribution in [0.4, 0.5) is 0 Å². The molecule has 0 saturated heterocycles. The molecule has 104 valence electrons. The second-order valence-electron chi connectivity index (χ2n) is 5.47. The van der Waals surface area contributed by atoms with Gasteiger partial charge in [0.1, 0.15) is 5.75 Å². The predicted octanol–water partition coefficient (Wildman–Crippen LogP) is 1.62. The van der Waals surface area contributed by atoms with E-state index in [2.05, 4.69) is 5.32 Å². The van der Waals surface area contributed by atoms with Crippen LogP contribution in [-0.2, 0) is 11.2 Å². The molecule has 1 aromatic rings. The first kappa shape index (κ1) is 13.9. The van der Waals surface area contributed by atoms with Crippen molar-refractivity contribution in [2.75, 3.05) is 6.54 Å². The topological polar surface area (TPSA) is 64.3 Å². The number of amides is 1. The molecule has 4 heteroatoms. The van der Waals surface area contributed by atoms with E-state index in [0.717, 1.165) is 25.0 Å². The van der Waals surface area contributed by atoms with Gasteiger partial charge in [0.25, 0.3) is 0 Å². The zero-order chi connectivity index (χ0) is 13.9. The lowest BCUT2D eigenvalue weighted by atomic mass is 10.1. The van der Waals surface area contributed by atoms with Gasteiger partial charge in [-0.1, -0.05) is 12.1 Å². The predicted molar refractivity (Wildman–Crippen MR) is 75.1 cm³/mol.